The minimum atomic E-state index is -1.09. The van der Waals surface area contributed by atoms with Crippen molar-refractivity contribution >= 4 is 11.8 Å². The average Bonchev–Trinajstić information content (AvgIpc) is 1.97. The van der Waals surface area contributed by atoms with Gasteiger partial charge in [-0.2, -0.15) is 0 Å². The van der Waals surface area contributed by atoms with Gasteiger partial charge in [0.1, 0.15) is 0 Å². The second-order valence-electron chi connectivity index (χ2n) is 3.66. The SMILES string of the molecule is CC(=O)C(OC(C)C)C(=O)OC(C)C. The molecule has 0 fully saturated rings. The number of rotatable bonds is 5. The lowest BCUT2D eigenvalue weighted by Gasteiger charge is -2.17. The zero-order valence-electron chi connectivity index (χ0n) is 9.37. The molecule has 0 heterocycles. The van der Waals surface area contributed by atoms with E-state index in [1.807, 2.05) is 0 Å². The van der Waals surface area contributed by atoms with Crippen LogP contribution >= 0.6 is 0 Å². The molecule has 1 unspecified atom stereocenters. The molecule has 0 N–H and O–H groups in total. The summed E-state index contributed by atoms with van der Waals surface area (Å²) in [6.07, 6.45) is -1.50. The maximum Gasteiger partial charge on any atom is 0.343 e. The topological polar surface area (TPSA) is 52.6 Å². The third-order valence-electron chi connectivity index (χ3n) is 1.34. The van der Waals surface area contributed by atoms with Crippen LogP contribution in [0.4, 0.5) is 0 Å². The van der Waals surface area contributed by atoms with Crippen LogP contribution in [0.1, 0.15) is 34.6 Å². The first-order valence-electron chi connectivity index (χ1n) is 4.71. The fraction of sp³-hybridized carbons (Fsp3) is 0.800. The van der Waals surface area contributed by atoms with Crippen LogP contribution in [0.2, 0.25) is 0 Å². The number of esters is 1. The van der Waals surface area contributed by atoms with Crippen LogP contribution in [0.5, 0.6) is 0 Å². The summed E-state index contributed by atoms with van der Waals surface area (Å²) in [6, 6.07) is 0. The smallest absolute Gasteiger partial charge is 0.343 e. The Morgan fingerprint density at radius 3 is 1.79 bits per heavy atom. The first-order valence-corrected chi connectivity index (χ1v) is 4.71. The van der Waals surface area contributed by atoms with Crippen molar-refractivity contribution in [2.24, 2.45) is 0 Å². The Hall–Kier alpha value is -0.900. The largest absolute Gasteiger partial charge is 0.461 e. The van der Waals surface area contributed by atoms with E-state index in [1.54, 1.807) is 27.7 Å². The molecule has 0 amide bonds. The summed E-state index contributed by atoms with van der Waals surface area (Å²) in [7, 11) is 0. The van der Waals surface area contributed by atoms with Gasteiger partial charge in [-0.15, -0.1) is 0 Å². The van der Waals surface area contributed by atoms with Crippen LogP contribution < -0.4 is 0 Å². The van der Waals surface area contributed by atoms with Gasteiger partial charge in [0, 0.05) is 0 Å². The van der Waals surface area contributed by atoms with Crippen molar-refractivity contribution < 1.29 is 19.1 Å². The fourth-order valence-electron chi connectivity index (χ4n) is 0.884. The number of hydrogen-bond acceptors (Lipinski definition) is 4. The van der Waals surface area contributed by atoms with E-state index in [9.17, 15) is 9.59 Å². The van der Waals surface area contributed by atoms with Crippen LogP contribution in [0.15, 0.2) is 0 Å². The lowest BCUT2D eigenvalue weighted by atomic mass is 10.2. The number of hydrogen-bond donors (Lipinski definition) is 0. The molecule has 0 aliphatic rings. The van der Waals surface area contributed by atoms with Gasteiger partial charge in [0.25, 0.3) is 0 Å². The van der Waals surface area contributed by atoms with E-state index in [0.717, 1.165) is 0 Å². The predicted molar refractivity (Wildman–Crippen MR) is 51.9 cm³/mol. The number of ether oxygens (including phenoxy) is 2. The maximum absolute atomic E-state index is 11.4. The van der Waals surface area contributed by atoms with Crippen LogP contribution in [-0.4, -0.2) is 30.1 Å². The average molecular weight is 202 g/mol. The van der Waals surface area contributed by atoms with Gasteiger partial charge in [-0.3, -0.25) is 4.79 Å². The molecule has 0 rings (SSSR count). The summed E-state index contributed by atoms with van der Waals surface area (Å²) in [4.78, 5) is 22.4. The van der Waals surface area contributed by atoms with E-state index < -0.39 is 12.1 Å². The van der Waals surface area contributed by atoms with Gasteiger partial charge in [-0.05, 0) is 34.6 Å². The number of ketones is 1. The molecule has 0 aromatic rings. The molecule has 4 heteroatoms. The van der Waals surface area contributed by atoms with Crippen molar-refractivity contribution in [3.05, 3.63) is 0 Å². The number of carbonyl (C=O) groups is 2. The fourth-order valence-corrected chi connectivity index (χ4v) is 0.884. The van der Waals surface area contributed by atoms with E-state index in [0.29, 0.717) is 0 Å². The summed E-state index contributed by atoms with van der Waals surface area (Å²) in [5, 5.41) is 0. The molecule has 0 aliphatic heterocycles. The molecule has 14 heavy (non-hydrogen) atoms. The number of Topliss-reactive ketones (excluding diaryl/α,β-unsaturated/α-hetero) is 1. The molecule has 0 aromatic carbocycles. The summed E-state index contributed by atoms with van der Waals surface area (Å²) >= 11 is 0. The van der Waals surface area contributed by atoms with Gasteiger partial charge in [0.15, 0.2) is 5.78 Å². The standard InChI is InChI=1S/C10H18O4/c1-6(2)13-9(8(5)11)10(12)14-7(3)4/h6-7,9H,1-5H3. The summed E-state index contributed by atoms with van der Waals surface area (Å²) in [5.74, 6) is -0.939. The quantitative estimate of drug-likeness (QED) is 0.498. The van der Waals surface area contributed by atoms with Gasteiger partial charge in [-0.1, -0.05) is 0 Å². The first kappa shape index (κ1) is 13.1. The van der Waals surface area contributed by atoms with Gasteiger partial charge in [0.2, 0.25) is 6.10 Å². The Balaban J connectivity index is 4.34. The van der Waals surface area contributed by atoms with Crippen molar-refractivity contribution in [3.8, 4) is 0 Å². The van der Waals surface area contributed by atoms with E-state index in [1.165, 1.54) is 6.92 Å². The van der Waals surface area contributed by atoms with Crippen molar-refractivity contribution in [1.29, 1.82) is 0 Å². The number of carbonyl (C=O) groups excluding carboxylic acids is 2. The first-order chi connectivity index (χ1) is 6.34. The molecular weight excluding hydrogens is 184 g/mol. The molecule has 0 saturated heterocycles. The Bertz CT molecular complexity index is 208. The molecule has 4 nitrogen and oxygen atoms in total. The second kappa shape index (κ2) is 5.75. The van der Waals surface area contributed by atoms with Crippen LogP contribution in [0, 0.1) is 0 Å². The normalized spacial score (nSPS) is 13.1. The van der Waals surface area contributed by atoms with Gasteiger partial charge >= 0.3 is 5.97 Å². The molecule has 0 aromatic heterocycles. The van der Waals surface area contributed by atoms with E-state index in [4.69, 9.17) is 9.47 Å². The second-order valence-corrected chi connectivity index (χ2v) is 3.66. The van der Waals surface area contributed by atoms with Gasteiger partial charge in [0.05, 0.1) is 12.2 Å². The van der Waals surface area contributed by atoms with Gasteiger partial charge < -0.3 is 9.47 Å². The summed E-state index contributed by atoms with van der Waals surface area (Å²) in [5.41, 5.74) is 0. The highest BCUT2D eigenvalue weighted by Gasteiger charge is 2.27. The highest BCUT2D eigenvalue weighted by Crippen LogP contribution is 2.04. The maximum atomic E-state index is 11.4. The Morgan fingerprint density at radius 2 is 1.50 bits per heavy atom. The molecule has 0 saturated carbocycles. The lowest BCUT2D eigenvalue weighted by Crippen LogP contribution is -2.36. The monoisotopic (exact) mass is 202 g/mol. The van der Waals surface area contributed by atoms with Crippen LogP contribution in [-0.2, 0) is 19.1 Å². The molecule has 0 radical (unpaired) electrons. The van der Waals surface area contributed by atoms with E-state index >= 15 is 0 Å². The molecule has 0 aliphatic carbocycles. The van der Waals surface area contributed by atoms with Crippen molar-refractivity contribution in [1.82, 2.24) is 0 Å². The molecule has 82 valence electrons. The molecular formula is C10H18O4. The third kappa shape index (κ3) is 4.97. The van der Waals surface area contributed by atoms with Crippen molar-refractivity contribution in [2.45, 2.75) is 52.9 Å². The Kier molecular flexibility index (Phi) is 5.38. The molecule has 1 atom stereocenters. The zero-order valence-corrected chi connectivity index (χ0v) is 9.37. The third-order valence-corrected chi connectivity index (χ3v) is 1.34. The molecule has 0 spiro atoms. The van der Waals surface area contributed by atoms with Gasteiger partial charge in [-0.25, -0.2) is 4.79 Å². The Morgan fingerprint density at radius 1 is 1.00 bits per heavy atom. The Labute approximate surface area is 84.6 Å². The zero-order chi connectivity index (χ0) is 11.3. The lowest BCUT2D eigenvalue weighted by molar-refractivity contribution is -0.167. The van der Waals surface area contributed by atoms with E-state index in [2.05, 4.69) is 0 Å². The highest BCUT2D eigenvalue weighted by atomic mass is 16.6. The van der Waals surface area contributed by atoms with Crippen LogP contribution in [0.3, 0.4) is 0 Å². The van der Waals surface area contributed by atoms with Crippen LogP contribution in [0.25, 0.3) is 0 Å². The molecule has 0 bridgehead atoms. The minimum absolute atomic E-state index is 0.177. The van der Waals surface area contributed by atoms with E-state index in [-0.39, 0.29) is 18.0 Å². The minimum Gasteiger partial charge on any atom is -0.461 e. The summed E-state index contributed by atoms with van der Waals surface area (Å²) in [6.45, 7) is 8.29. The van der Waals surface area contributed by atoms with Crippen molar-refractivity contribution in [3.63, 3.8) is 0 Å². The predicted octanol–water partition coefficient (Wildman–Crippen LogP) is 1.32. The van der Waals surface area contributed by atoms with Crippen molar-refractivity contribution in [2.75, 3.05) is 0 Å². The summed E-state index contributed by atoms with van der Waals surface area (Å²) < 4.78 is 10.0. The highest BCUT2D eigenvalue weighted by molar-refractivity contribution is 6.00.